The molecule has 0 spiro atoms. The second kappa shape index (κ2) is 8.81. The van der Waals surface area contributed by atoms with Crippen molar-refractivity contribution in [2.45, 2.75) is 39.7 Å². The van der Waals surface area contributed by atoms with Gasteiger partial charge >= 0.3 is 12.1 Å². The lowest BCUT2D eigenvalue weighted by atomic mass is 9.99. The highest BCUT2D eigenvalue weighted by molar-refractivity contribution is 5.99. The molecule has 1 rings (SSSR count). The minimum absolute atomic E-state index is 0.0194. The molecular formula is C17H21NO6. The van der Waals surface area contributed by atoms with E-state index in [0.29, 0.717) is 5.56 Å². The normalized spacial score (nSPS) is 11.3. The van der Waals surface area contributed by atoms with E-state index in [2.05, 4.69) is 4.74 Å². The maximum atomic E-state index is 12.2. The summed E-state index contributed by atoms with van der Waals surface area (Å²) in [5.74, 6) is -1.66. The number of ketones is 1. The number of hydrogen-bond donors (Lipinski definition) is 1. The minimum atomic E-state index is -1.16. The van der Waals surface area contributed by atoms with Gasteiger partial charge in [0.15, 0.2) is 11.9 Å². The van der Waals surface area contributed by atoms with E-state index >= 15 is 0 Å². The third kappa shape index (κ3) is 5.83. The van der Waals surface area contributed by atoms with Gasteiger partial charge in [-0.05, 0) is 32.4 Å². The molecule has 1 N–H and O–H groups in total. The van der Waals surface area contributed by atoms with Crippen molar-refractivity contribution < 1.29 is 28.7 Å². The number of ether oxygens (including phenoxy) is 2. The second-order valence-corrected chi connectivity index (χ2v) is 5.35. The molecule has 0 bridgehead atoms. The Hall–Kier alpha value is -2.70. The Bertz CT molecular complexity index is 652. The number of Topliss-reactive ketones (excluding diaryl/α,β-unsaturated/α-hetero) is 1. The SMILES string of the molecule is COC(=O)NC(=O)[C@H](C)OC(=O)CCC(=O)c1cc(C)ccc1C. The van der Waals surface area contributed by atoms with E-state index < -0.39 is 24.1 Å². The summed E-state index contributed by atoms with van der Waals surface area (Å²) in [6.07, 6.45) is -2.27. The maximum Gasteiger partial charge on any atom is 0.413 e. The summed E-state index contributed by atoms with van der Waals surface area (Å²) in [5.41, 5.74) is 2.36. The molecule has 130 valence electrons. The zero-order chi connectivity index (χ0) is 18.3. The average molecular weight is 335 g/mol. The van der Waals surface area contributed by atoms with Crippen molar-refractivity contribution in [2.75, 3.05) is 7.11 Å². The summed E-state index contributed by atoms with van der Waals surface area (Å²) < 4.78 is 9.16. The number of carbonyl (C=O) groups excluding carboxylic acids is 4. The van der Waals surface area contributed by atoms with Gasteiger partial charge in [-0.2, -0.15) is 0 Å². The molecule has 7 heteroatoms. The summed E-state index contributed by atoms with van der Waals surface area (Å²) >= 11 is 0. The van der Waals surface area contributed by atoms with Crippen LogP contribution in [-0.4, -0.2) is 37.0 Å². The molecule has 0 unspecified atom stereocenters. The van der Waals surface area contributed by atoms with Gasteiger partial charge < -0.3 is 9.47 Å². The fourth-order valence-electron chi connectivity index (χ4n) is 1.95. The molecule has 24 heavy (non-hydrogen) atoms. The smallest absolute Gasteiger partial charge is 0.413 e. The quantitative estimate of drug-likeness (QED) is 0.631. The summed E-state index contributed by atoms with van der Waals surface area (Å²) in [5, 5.41) is 1.89. The van der Waals surface area contributed by atoms with Gasteiger partial charge in [0.1, 0.15) is 0 Å². The molecule has 0 aliphatic heterocycles. The fourth-order valence-corrected chi connectivity index (χ4v) is 1.95. The Morgan fingerprint density at radius 1 is 1.12 bits per heavy atom. The highest BCUT2D eigenvalue weighted by Crippen LogP contribution is 2.14. The number of carbonyl (C=O) groups is 4. The number of esters is 1. The molecule has 0 heterocycles. The monoisotopic (exact) mass is 335 g/mol. The Kier molecular flexibility index (Phi) is 7.10. The van der Waals surface area contributed by atoms with Crippen molar-refractivity contribution in [3.05, 3.63) is 34.9 Å². The molecule has 1 atom stereocenters. The Balaban J connectivity index is 2.51. The van der Waals surface area contributed by atoms with Gasteiger partial charge in [-0.1, -0.05) is 17.7 Å². The molecule has 0 saturated heterocycles. The molecular weight excluding hydrogens is 314 g/mol. The van der Waals surface area contributed by atoms with Gasteiger partial charge in [0, 0.05) is 12.0 Å². The molecule has 0 radical (unpaired) electrons. The summed E-state index contributed by atoms with van der Waals surface area (Å²) in [6.45, 7) is 5.03. The van der Waals surface area contributed by atoms with Gasteiger partial charge in [0.05, 0.1) is 13.5 Å². The Morgan fingerprint density at radius 2 is 1.79 bits per heavy atom. The Morgan fingerprint density at radius 3 is 2.42 bits per heavy atom. The first kappa shape index (κ1) is 19.3. The van der Waals surface area contributed by atoms with Crippen LogP contribution in [0.4, 0.5) is 4.79 Å². The number of aryl methyl sites for hydroxylation is 2. The second-order valence-electron chi connectivity index (χ2n) is 5.35. The van der Waals surface area contributed by atoms with Crippen molar-refractivity contribution >= 4 is 23.8 Å². The van der Waals surface area contributed by atoms with Crippen LogP contribution in [0, 0.1) is 13.8 Å². The summed E-state index contributed by atoms with van der Waals surface area (Å²) in [4.78, 5) is 46.3. The number of amides is 2. The first-order valence-electron chi connectivity index (χ1n) is 7.43. The molecule has 1 aromatic rings. The number of imide groups is 1. The number of hydrogen-bond acceptors (Lipinski definition) is 6. The van der Waals surface area contributed by atoms with Gasteiger partial charge in [0.2, 0.25) is 0 Å². The van der Waals surface area contributed by atoms with E-state index in [1.54, 1.807) is 6.07 Å². The van der Waals surface area contributed by atoms with Crippen molar-refractivity contribution in [3.63, 3.8) is 0 Å². The van der Waals surface area contributed by atoms with Crippen LogP contribution in [0.15, 0.2) is 18.2 Å². The zero-order valence-corrected chi connectivity index (χ0v) is 14.2. The first-order valence-corrected chi connectivity index (χ1v) is 7.43. The van der Waals surface area contributed by atoms with Crippen LogP contribution in [0.25, 0.3) is 0 Å². The third-order valence-corrected chi connectivity index (χ3v) is 3.34. The molecule has 0 aliphatic rings. The number of rotatable bonds is 6. The van der Waals surface area contributed by atoms with Gasteiger partial charge in [0.25, 0.3) is 5.91 Å². The lowest BCUT2D eigenvalue weighted by Crippen LogP contribution is -2.39. The van der Waals surface area contributed by atoms with Crippen molar-refractivity contribution in [2.24, 2.45) is 0 Å². The number of nitrogens with one attached hydrogen (secondary N) is 1. The van der Waals surface area contributed by atoms with Crippen LogP contribution >= 0.6 is 0 Å². The predicted molar refractivity (Wildman–Crippen MR) is 85.6 cm³/mol. The van der Waals surface area contributed by atoms with E-state index in [1.807, 2.05) is 31.3 Å². The average Bonchev–Trinajstić information content (AvgIpc) is 2.54. The van der Waals surface area contributed by atoms with Crippen molar-refractivity contribution in [1.82, 2.24) is 5.32 Å². The number of alkyl carbamates (subject to hydrolysis) is 1. The molecule has 1 aromatic carbocycles. The third-order valence-electron chi connectivity index (χ3n) is 3.34. The van der Waals surface area contributed by atoms with Crippen LogP contribution in [0.2, 0.25) is 0 Å². The topological polar surface area (TPSA) is 98.8 Å². The van der Waals surface area contributed by atoms with Crippen LogP contribution in [-0.2, 0) is 19.1 Å². The van der Waals surface area contributed by atoms with E-state index in [0.717, 1.165) is 18.2 Å². The largest absolute Gasteiger partial charge is 0.453 e. The zero-order valence-electron chi connectivity index (χ0n) is 14.2. The highest BCUT2D eigenvalue weighted by atomic mass is 16.6. The molecule has 0 aromatic heterocycles. The number of benzene rings is 1. The van der Waals surface area contributed by atoms with Crippen LogP contribution in [0.3, 0.4) is 0 Å². The van der Waals surface area contributed by atoms with E-state index in [-0.39, 0.29) is 18.6 Å². The van der Waals surface area contributed by atoms with Crippen LogP contribution < -0.4 is 5.32 Å². The molecule has 0 saturated carbocycles. The fraction of sp³-hybridized carbons (Fsp3) is 0.412. The van der Waals surface area contributed by atoms with E-state index in [1.165, 1.54) is 6.92 Å². The lowest BCUT2D eigenvalue weighted by molar-refractivity contribution is -0.154. The maximum absolute atomic E-state index is 12.2. The first-order chi connectivity index (χ1) is 11.2. The summed E-state index contributed by atoms with van der Waals surface area (Å²) in [7, 11) is 1.11. The molecule has 0 fully saturated rings. The Labute approximate surface area is 140 Å². The van der Waals surface area contributed by atoms with E-state index in [9.17, 15) is 19.2 Å². The predicted octanol–water partition coefficient (Wildman–Crippen LogP) is 2.08. The van der Waals surface area contributed by atoms with Crippen LogP contribution in [0.1, 0.15) is 41.3 Å². The summed E-state index contributed by atoms with van der Waals surface area (Å²) in [6, 6.07) is 5.53. The minimum Gasteiger partial charge on any atom is -0.453 e. The highest BCUT2D eigenvalue weighted by Gasteiger charge is 2.21. The lowest BCUT2D eigenvalue weighted by Gasteiger charge is -2.12. The van der Waals surface area contributed by atoms with Gasteiger partial charge in [-0.25, -0.2) is 4.79 Å². The van der Waals surface area contributed by atoms with Crippen molar-refractivity contribution in [3.8, 4) is 0 Å². The molecule has 2 amide bonds. The molecule has 0 aliphatic carbocycles. The molecule has 7 nitrogen and oxygen atoms in total. The van der Waals surface area contributed by atoms with E-state index in [4.69, 9.17) is 4.74 Å². The van der Waals surface area contributed by atoms with Gasteiger partial charge in [-0.3, -0.25) is 19.7 Å². The number of methoxy groups -OCH3 is 1. The standard InChI is InChI=1S/C17H21NO6/c1-10-5-6-11(2)13(9-10)14(19)7-8-15(20)24-12(3)16(21)18-17(22)23-4/h5-6,9,12H,7-8H2,1-4H3,(H,18,21,22)/t12-/m0/s1. The van der Waals surface area contributed by atoms with Gasteiger partial charge in [-0.15, -0.1) is 0 Å². The van der Waals surface area contributed by atoms with Crippen molar-refractivity contribution in [1.29, 1.82) is 0 Å². The van der Waals surface area contributed by atoms with Crippen LogP contribution in [0.5, 0.6) is 0 Å².